The highest BCUT2D eigenvalue weighted by Gasteiger charge is 2.30. The van der Waals surface area contributed by atoms with Crippen molar-refractivity contribution in [1.29, 1.82) is 0 Å². The smallest absolute Gasteiger partial charge is 0.246 e. The molecule has 1 saturated heterocycles. The van der Waals surface area contributed by atoms with Crippen molar-refractivity contribution in [3.63, 3.8) is 0 Å². The number of aliphatic hydroxyl groups excluding tert-OH is 1. The number of nitrogens with zero attached hydrogens (tertiary/aromatic N) is 3. The molecule has 0 saturated carbocycles. The molecule has 2 heterocycles. The lowest BCUT2D eigenvalue weighted by Gasteiger charge is -2.30. The standard InChI is InChI=1S/C16H21N3O3S/c1-13-4-6-15(7-5-13)19-11-16(9-17-19)23(21,22)18-8-2-3-14(10-18)12-20/h4-7,9,11,14,20H,2-3,8,10,12H2,1H3. The van der Waals surface area contributed by atoms with Crippen molar-refractivity contribution in [2.24, 2.45) is 5.92 Å². The first kappa shape index (κ1) is 16.2. The minimum atomic E-state index is -3.56. The fourth-order valence-electron chi connectivity index (χ4n) is 2.82. The topological polar surface area (TPSA) is 75.4 Å². The molecule has 7 heteroatoms. The monoisotopic (exact) mass is 335 g/mol. The molecule has 1 N–H and O–H groups in total. The molecule has 0 radical (unpaired) electrons. The Bertz CT molecular complexity index is 768. The summed E-state index contributed by atoms with van der Waals surface area (Å²) in [6.07, 6.45) is 4.57. The largest absolute Gasteiger partial charge is 0.396 e. The molecular weight excluding hydrogens is 314 g/mol. The van der Waals surface area contributed by atoms with Gasteiger partial charge in [0.05, 0.1) is 18.1 Å². The SMILES string of the molecule is Cc1ccc(-n2cc(S(=O)(=O)N3CCCC(CO)C3)cn2)cc1. The number of piperidine rings is 1. The Morgan fingerprint density at radius 2 is 2.04 bits per heavy atom. The Labute approximate surface area is 136 Å². The lowest BCUT2D eigenvalue weighted by molar-refractivity contribution is 0.165. The van der Waals surface area contributed by atoms with Crippen molar-refractivity contribution in [3.8, 4) is 5.69 Å². The highest BCUT2D eigenvalue weighted by atomic mass is 32.2. The summed E-state index contributed by atoms with van der Waals surface area (Å²) in [5.41, 5.74) is 1.96. The number of benzene rings is 1. The number of aromatic nitrogens is 2. The second-order valence-electron chi connectivity index (χ2n) is 6.01. The molecule has 1 aromatic carbocycles. The first-order valence-electron chi connectivity index (χ1n) is 7.73. The summed E-state index contributed by atoms with van der Waals surface area (Å²) >= 11 is 0. The van der Waals surface area contributed by atoms with E-state index in [-0.39, 0.29) is 17.4 Å². The molecule has 0 aliphatic carbocycles. The van der Waals surface area contributed by atoms with Crippen LogP contribution in [0.5, 0.6) is 0 Å². The second-order valence-corrected chi connectivity index (χ2v) is 7.95. The van der Waals surface area contributed by atoms with Gasteiger partial charge in [-0.25, -0.2) is 13.1 Å². The van der Waals surface area contributed by atoms with Crippen LogP contribution >= 0.6 is 0 Å². The van der Waals surface area contributed by atoms with Crippen LogP contribution in [0.1, 0.15) is 18.4 Å². The highest BCUT2D eigenvalue weighted by Crippen LogP contribution is 2.23. The predicted molar refractivity (Wildman–Crippen MR) is 86.9 cm³/mol. The van der Waals surface area contributed by atoms with E-state index in [1.165, 1.54) is 10.5 Å². The number of aryl methyl sites for hydroxylation is 1. The van der Waals surface area contributed by atoms with Gasteiger partial charge in [-0.3, -0.25) is 0 Å². The van der Waals surface area contributed by atoms with Gasteiger partial charge in [-0.2, -0.15) is 9.40 Å². The zero-order chi connectivity index (χ0) is 16.4. The van der Waals surface area contributed by atoms with Crippen molar-refractivity contribution in [2.45, 2.75) is 24.7 Å². The molecule has 1 aliphatic heterocycles. The maximum atomic E-state index is 12.7. The van der Waals surface area contributed by atoms with Crippen molar-refractivity contribution in [3.05, 3.63) is 42.2 Å². The van der Waals surface area contributed by atoms with E-state index in [2.05, 4.69) is 5.10 Å². The average molecular weight is 335 g/mol. The van der Waals surface area contributed by atoms with Gasteiger partial charge >= 0.3 is 0 Å². The minimum absolute atomic E-state index is 0.0191. The Balaban J connectivity index is 1.85. The summed E-state index contributed by atoms with van der Waals surface area (Å²) in [6, 6.07) is 7.73. The second kappa shape index (κ2) is 6.43. The van der Waals surface area contributed by atoms with Gasteiger partial charge in [-0.05, 0) is 37.8 Å². The number of hydrogen-bond donors (Lipinski definition) is 1. The molecule has 1 aliphatic rings. The fraction of sp³-hybridized carbons (Fsp3) is 0.438. The van der Waals surface area contributed by atoms with Crippen LogP contribution in [-0.2, 0) is 10.0 Å². The molecule has 1 fully saturated rings. The van der Waals surface area contributed by atoms with Crippen molar-refractivity contribution in [1.82, 2.24) is 14.1 Å². The number of hydrogen-bond acceptors (Lipinski definition) is 4. The van der Waals surface area contributed by atoms with Gasteiger partial charge < -0.3 is 5.11 Å². The maximum Gasteiger partial charge on any atom is 0.246 e. The molecule has 0 amide bonds. The van der Waals surface area contributed by atoms with Gasteiger partial charge in [0.2, 0.25) is 10.0 Å². The van der Waals surface area contributed by atoms with Crippen molar-refractivity contribution >= 4 is 10.0 Å². The molecule has 6 nitrogen and oxygen atoms in total. The first-order valence-corrected chi connectivity index (χ1v) is 9.17. The van der Waals surface area contributed by atoms with E-state index >= 15 is 0 Å². The molecule has 0 bridgehead atoms. The molecular formula is C16H21N3O3S. The van der Waals surface area contributed by atoms with E-state index in [4.69, 9.17) is 0 Å². The quantitative estimate of drug-likeness (QED) is 0.920. The average Bonchev–Trinajstić information content (AvgIpc) is 3.06. The van der Waals surface area contributed by atoms with E-state index in [1.54, 1.807) is 10.9 Å². The van der Waals surface area contributed by atoms with Crippen LogP contribution in [0.2, 0.25) is 0 Å². The summed E-state index contributed by atoms with van der Waals surface area (Å²) in [6.45, 7) is 2.88. The fourth-order valence-corrected chi connectivity index (χ4v) is 4.31. The molecule has 1 unspecified atom stereocenters. The number of sulfonamides is 1. The Kier molecular flexibility index (Phi) is 4.52. The molecule has 1 atom stereocenters. The summed E-state index contributed by atoms with van der Waals surface area (Å²) in [5.74, 6) is 0.0191. The summed E-state index contributed by atoms with van der Waals surface area (Å²) < 4.78 is 28.5. The summed E-state index contributed by atoms with van der Waals surface area (Å²) in [5, 5.41) is 13.5. The first-order chi connectivity index (χ1) is 11.0. The highest BCUT2D eigenvalue weighted by molar-refractivity contribution is 7.89. The number of rotatable bonds is 4. The van der Waals surface area contributed by atoms with Crippen LogP contribution in [0.3, 0.4) is 0 Å². The van der Waals surface area contributed by atoms with Gasteiger partial charge in [-0.15, -0.1) is 0 Å². The molecule has 2 aromatic rings. The lowest BCUT2D eigenvalue weighted by Crippen LogP contribution is -2.40. The van der Waals surface area contributed by atoms with E-state index < -0.39 is 10.0 Å². The molecule has 23 heavy (non-hydrogen) atoms. The Morgan fingerprint density at radius 3 is 2.74 bits per heavy atom. The third-order valence-electron chi connectivity index (χ3n) is 4.24. The van der Waals surface area contributed by atoms with E-state index in [9.17, 15) is 13.5 Å². The van der Waals surface area contributed by atoms with Gasteiger partial charge in [0.25, 0.3) is 0 Å². The van der Waals surface area contributed by atoms with E-state index in [0.717, 1.165) is 24.1 Å². The maximum absolute atomic E-state index is 12.7. The van der Waals surface area contributed by atoms with Gasteiger partial charge in [0.1, 0.15) is 4.90 Å². The third kappa shape index (κ3) is 3.31. The van der Waals surface area contributed by atoms with Crippen LogP contribution in [0, 0.1) is 12.8 Å². The van der Waals surface area contributed by atoms with Crippen LogP contribution in [0.15, 0.2) is 41.6 Å². The number of aliphatic hydroxyl groups is 1. The van der Waals surface area contributed by atoms with E-state index in [1.807, 2.05) is 31.2 Å². The third-order valence-corrected chi connectivity index (χ3v) is 6.05. The molecule has 1 aromatic heterocycles. The normalized spacial score (nSPS) is 19.8. The zero-order valence-electron chi connectivity index (χ0n) is 13.1. The zero-order valence-corrected chi connectivity index (χ0v) is 13.9. The van der Waals surface area contributed by atoms with Crippen LogP contribution < -0.4 is 0 Å². The van der Waals surface area contributed by atoms with Crippen LogP contribution in [-0.4, -0.2) is 47.3 Å². The summed E-state index contributed by atoms with van der Waals surface area (Å²) in [4.78, 5) is 0.191. The van der Waals surface area contributed by atoms with Gasteiger partial charge in [0.15, 0.2) is 0 Å². The Morgan fingerprint density at radius 1 is 1.30 bits per heavy atom. The van der Waals surface area contributed by atoms with Gasteiger partial charge in [-0.1, -0.05) is 17.7 Å². The molecule has 3 rings (SSSR count). The molecule has 0 spiro atoms. The van der Waals surface area contributed by atoms with Crippen LogP contribution in [0.4, 0.5) is 0 Å². The summed E-state index contributed by atoms with van der Waals surface area (Å²) in [7, 11) is -3.56. The minimum Gasteiger partial charge on any atom is -0.396 e. The Hall–Kier alpha value is -1.70. The predicted octanol–water partition coefficient (Wildman–Crippen LogP) is 1.57. The van der Waals surface area contributed by atoms with Crippen LogP contribution in [0.25, 0.3) is 5.69 Å². The lowest BCUT2D eigenvalue weighted by atomic mass is 10.0. The van der Waals surface area contributed by atoms with E-state index in [0.29, 0.717) is 13.1 Å². The van der Waals surface area contributed by atoms with Crippen molar-refractivity contribution in [2.75, 3.05) is 19.7 Å². The van der Waals surface area contributed by atoms with Crippen molar-refractivity contribution < 1.29 is 13.5 Å². The van der Waals surface area contributed by atoms with Gasteiger partial charge in [0, 0.05) is 19.7 Å². The molecule has 124 valence electrons.